The second-order valence-electron chi connectivity index (χ2n) is 9.66. The molecule has 9 heteroatoms. The fourth-order valence-corrected chi connectivity index (χ4v) is 4.18. The third kappa shape index (κ3) is 5.66. The molecule has 0 bridgehead atoms. The number of aryl methyl sites for hydroxylation is 1. The average molecular weight is 505 g/mol. The van der Waals surface area contributed by atoms with E-state index >= 15 is 0 Å². The number of carbonyl (C=O) groups excluding carboxylic acids is 1. The van der Waals surface area contributed by atoms with Gasteiger partial charge in [0.1, 0.15) is 5.75 Å². The third-order valence-corrected chi connectivity index (χ3v) is 6.43. The van der Waals surface area contributed by atoms with Gasteiger partial charge in [-0.15, -0.1) is 0 Å². The van der Waals surface area contributed by atoms with E-state index in [9.17, 15) is 14.4 Å². The van der Waals surface area contributed by atoms with Crippen LogP contribution in [-0.4, -0.2) is 33.3 Å². The minimum Gasteiger partial charge on any atom is -0.491 e. The summed E-state index contributed by atoms with van der Waals surface area (Å²) in [5.74, 6) is 0.437. The molecule has 0 saturated heterocycles. The molecular formula is C28H32N4O5. The third-order valence-electron chi connectivity index (χ3n) is 6.43. The van der Waals surface area contributed by atoms with E-state index in [0.29, 0.717) is 18.5 Å². The Morgan fingerprint density at radius 1 is 1.16 bits per heavy atom. The number of carbonyl (C=O) groups is 1. The number of esters is 1. The molecule has 1 saturated carbocycles. The van der Waals surface area contributed by atoms with Crippen LogP contribution < -0.4 is 21.4 Å². The maximum Gasteiger partial charge on any atom is 0.354 e. The Balaban J connectivity index is 1.74. The number of hydrogen-bond donors (Lipinski definition) is 1. The maximum absolute atomic E-state index is 13.6. The summed E-state index contributed by atoms with van der Waals surface area (Å²) in [6.07, 6.45) is 2.88. The van der Waals surface area contributed by atoms with E-state index in [1.165, 1.54) is 11.7 Å². The van der Waals surface area contributed by atoms with Crippen molar-refractivity contribution < 1.29 is 14.3 Å². The minimum atomic E-state index is -0.860. The van der Waals surface area contributed by atoms with Gasteiger partial charge in [0.05, 0.1) is 25.2 Å². The predicted molar refractivity (Wildman–Crippen MR) is 142 cm³/mol. The number of rotatable bonds is 10. The first kappa shape index (κ1) is 25.9. The Kier molecular flexibility index (Phi) is 7.33. The molecule has 1 N–H and O–H groups in total. The highest BCUT2D eigenvalue weighted by Gasteiger charge is 2.52. The second-order valence-corrected chi connectivity index (χ2v) is 9.66. The van der Waals surface area contributed by atoms with Gasteiger partial charge in [0.2, 0.25) is 5.95 Å². The monoisotopic (exact) mass is 504 g/mol. The van der Waals surface area contributed by atoms with Crippen molar-refractivity contribution in [2.24, 2.45) is 5.41 Å². The molecule has 37 heavy (non-hydrogen) atoms. The molecule has 3 aromatic rings. The van der Waals surface area contributed by atoms with Gasteiger partial charge in [0.25, 0.3) is 0 Å². The topological polar surface area (TPSA) is 104 Å². The Morgan fingerprint density at radius 3 is 2.43 bits per heavy atom. The minimum absolute atomic E-state index is 0.0316. The van der Waals surface area contributed by atoms with Gasteiger partial charge < -0.3 is 14.8 Å². The van der Waals surface area contributed by atoms with Gasteiger partial charge in [-0.3, -0.25) is 9.36 Å². The molecule has 2 aromatic carbocycles. The first-order chi connectivity index (χ1) is 17.7. The summed E-state index contributed by atoms with van der Waals surface area (Å²) in [5.41, 5.74) is 1.20. The van der Waals surface area contributed by atoms with Crippen LogP contribution in [-0.2, 0) is 22.6 Å². The molecule has 1 aliphatic carbocycles. The molecule has 0 atom stereocenters. The number of hydrogen-bond acceptors (Lipinski definition) is 7. The Hall–Kier alpha value is -4.14. The van der Waals surface area contributed by atoms with E-state index in [0.717, 1.165) is 27.0 Å². The summed E-state index contributed by atoms with van der Waals surface area (Å²) in [6, 6.07) is 13.1. The Morgan fingerprint density at radius 2 is 1.86 bits per heavy atom. The van der Waals surface area contributed by atoms with E-state index in [4.69, 9.17) is 9.47 Å². The standard InChI is InChI=1S/C28H32N4O5/c1-6-20-7-9-21(10-8-20)16-31-25(29-22-11-12-23(19(4)15-22)37-18(2)3)30-26(34)32(27(31)35)17-28(13-14-28)24(33)36-5/h6-12,15,18H,1,13-14,16-17H2,2-5H3,(H,29,30,34). The van der Waals surface area contributed by atoms with Crippen molar-refractivity contribution in [1.29, 1.82) is 0 Å². The van der Waals surface area contributed by atoms with Gasteiger partial charge in [0, 0.05) is 12.2 Å². The molecule has 1 aromatic heterocycles. The first-order valence-corrected chi connectivity index (χ1v) is 12.2. The number of anilines is 2. The lowest BCUT2D eigenvalue weighted by Crippen LogP contribution is -2.45. The second kappa shape index (κ2) is 10.5. The van der Waals surface area contributed by atoms with Crippen molar-refractivity contribution in [3.63, 3.8) is 0 Å². The molecule has 0 amide bonds. The quantitative estimate of drug-likeness (QED) is 0.418. The number of nitrogens with one attached hydrogen (secondary N) is 1. The number of benzene rings is 2. The fourth-order valence-electron chi connectivity index (χ4n) is 4.18. The van der Waals surface area contributed by atoms with Gasteiger partial charge in [0.15, 0.2) is 0 Å². The van der Waals surface area contributed by atoms with E-state index < -0.39 is 22.8 Å². The highest BCUT2D eigenvalue weighted by atomic mass is 16.5. The van der Waals surface area contributed by atoms with Gasteiger partial charge in [-0.2, -0.15) is 4.98 Å². The van der Waals surface area contributed by atoms with E-state index in [1.54, 1.807) is 6.08 Å². The fraction of sp³-hybridized carbons (Fsp3) is 0.357. The van der Waals surface area contributed by atoms with Crippen molar-refractivity contribution >= 4 is 23.7 Å². The first-order valence-electron chi connectivity index (χ1n) is 12.2. The molecular weight excluding hydrogens is 472 g/mol. The Labute approximate surface area is 215 Å². The van der Waals surface area contributed by atoms with E-state index in [1.807, 2.05) is 63.2 Å². The molecule has 1 heterocycles. The summed E-state index contributed by atoms with van der Waals surface area (Å²) >= 11 is 0. The maximum atomic E-state index is 13.6. The molecule has 1 aliphatic rings. The molecule has 194 valence electrons. The molecule has 0 radical (unpaired) electrons. The van der Waals surface area contributed by atoms with Crippen molar-refractivity contribution in [3.8, 4) is 5.75 Å². The van der Waals surface area contributed by atoms with Crippen LogP contribution in [0.2, 0.25) is 0 Å². The van der Waals surface area contributed by atoms with Crippen molar-refractivity contribution in [1.82, 2.24) is 14.1 Å². The van der Waals surface area contributed by atoms with Crippen LogP contribution in [0.3, 0.4) is 0 Å². The molecule has 1 fully saturated rings. The smallest absolute Gasteiger partial charge is 0.354 e. The van der Waals surface area contributed by atoms with Crippen LogP contribution in [0.1, 0.15) is 43.4 Å². The molecule has 9 nitrogen and oxygen atoms in total. The SMILES string of the molecule is C=Cc1ccc(Cn2c(Nc3ccc(OC(C)C)c(C)c3)nc(=O)n(CC3(C(=O)OC)CC3)c2=O)cc1. The van der Waals surface area contributed by atoms with Gasteiger partial charge in [-0.25, -0.2) is 14.2 Å². The summed E-state index contributed by atoms with van der Waals surface area (Å²) < 4.78 is 13.2. The summed E-state index contributed by atoms with van der Waals surface area (Å²) in [7, 11) is 1.31. The van der Waals surface area contributed by atoms with Crippen LogP contribution in [0.15, 0.2) is 58.6 Å². The lowest BCUT2D eigenvalue weighted by molar-refractivity contribution is -0.147. The molecule has 0 unspecified atom stereocenters. The lowest BCUT2D eigenvalue weighted by atomic mass is 10.1. The van der Waals surface area contributed by atoms with Gasteiger partial charge in [-0.05, 0) is 68.5 Å². The van der Waals surface area contributed by atoms with Crippen LogP contribution in [0.4, 0.5) is 11.6 Å². The summed E-state index contributed by atoms with van der Waals surface area (Å²) in [4.78, 5) is 43.2. The van der Waals surface area contributed by atoms with Crippen molar-refractivity contribution in [3.05, 3.63) is 86.7 Å². The molecule has 0 spiro atoms. The Bertz CT molecular complexity index is 1430. The predicted octanol–water partition coefficient (Wildman–Crippen LogP) is 3.89. The number of nitrogens with zero attached hydrogens (tertiary/aromatic N) is 3. The zero-order valence-corrected chi connectivity index (χ0v) is 21.6. The highest BCUT2D eigenvalue weighted by molar-refractivity contribution is 5.79. The van der Waals surface area contributed by atoms with Crippen LogP contribution in [0, 0.1) is 12.3 Å². The molecule has 4 rings (SSSR count). The largest absolute Gasteiger partial charge is 0.491 e. The van der Waals surface area contributed by atoms with Crippen LogP contribution in [0.25, 0.3) is 6.08 Å². The van der Waals surface area contributed by atoms with E-state index in [2.05, 4.69) is 16.9 Å². The van der Waals surface area contributed by atoms with Gasteiger partial charge >= 0.3 is 17.3 Å². The van der Waals surface area contributed by atoms with E-state index in [-0.39, 0.29) is 25.1 Å². The number of aromatic nitrogens is 3. The van der Waals surface area contributed by atoms with Crippen molar-refractivity contribution in [2.75, 3.05) is 12.4 Å². The number of ether oxygens (including phenoxy) is 2. The highest BCUT2D eigenvalue weighted by Crippen LogP contribution is 2.47. The van der Waals surface area contributed by atoms with Gasteiger partial charge in [-0.1, -0.05) is 36.9 Å². The van der Waals surface area contributed by atoms with Crippen LogP contribution in [0.5, 0.6) is 5.75 Å². The molecule has 0 aliphatic heterocycles. The normalized spacial score (nSPS) is 13.8. The van der Waals surface area contributed by atoms with Crippen LogP contribution >= 0.6 is 0 Å². The summed E-state index contributed by atoms with van der Waals surface area (Å²) in [5, 5.41) is 3.13. The number of methoxy groups -OCH3 is 1. The summed E-state index contributed by atoms with van der Waals surface area (Å²) in [6.45, 7) is 9.70. The van der Waals surface area contributed by atoms with Crippen molar-refractivity contribution in [2.45, 2.75) is 52.8 Å². The zero-order valence-electron chi connectivity index (χ0n) is 21.6. The lowest BCUT2D eigenvalue weighted by Gasteiger charge is -2.19. The average Bonchev–Trinajstić information content (AvgIpc) is 3.66. The zero-order chi connectivity index (χ0) is 26.7.